The standard InChI is InChI=1S/C12H18N4O3/c1-3-4-9-13-10(15-14-9)11(17)16-5-8(6-16)7(2)12(18)19/h7-8H,3-6H2,1-2H3,(H,18,19)(H,13,14,15). The number of likely N-dealkylation sites (tertiary alicyclic amines) is 1. The van der Waals surface area contributed by atoms with E-state index in [2.05, 4.69) is 15.2 Å². The number of hydrogen-bond donors (Lipinski definition) is 2. The number of H-pyrrole nitrogens is 1. The van der Waals surface area contributed by atoms with E-state index in [0.717, 1.165) is 12.8 Å². The molecule has 2 rings (SSSR count). The van der Waals surface area contributed by atoms with Crippen molar-refractivity contribution in [3.63, 3.8) is 0 Å². The molecule has 1 aliphatic rings. The number of carboxylic acids is 1. The van der Waals surface area contributed by atoms with Crippen molar-refractivity contribution >= 4 is 11.9 Å². The smallest absolute Gasteiger partial charge is 0.306 e. The van der Waals surface area contributed by atoms with Crippen LogP contribution in [-0.2, 0) is 11.2 Å². The molecule has 0 bridgehead atoms. The number of nitrogens with zero attached hydrogens (tertiary/aromatic N) is 3. The van der Waals surface area contributed by atoms with Gasteiger partial charge in [0, 0.05) is 25.4 Å². The number of aromatic nitrogens is 3. The minimum Gasteiger partial charge on any atom is -0.481 e. The summed E-state index contributed by atoms with van der Waals surface area (Å²) < 4.78 is 0. The molecule has 2 heterocycles. The van der Waals surface area contributed by atoms with E-state index >= 15 is 0 Å². The molecule has 0 saturated carbocycles. The number of aliphatic carboxylic acids is 1. The highest BCUT2D eigenvalue weighted by Gasteiger charge is 2.38. The number of aromatic amines is 1. The summed E-state index contributed by atoms with van der Waals surface area (Å²) in [4.78, 5) is 28.6. The van der Waals surface area contributed by atoms with Gasteiger partial charge in [-0.3, -0.25) is 14.7 Å². The monoisotopic (exact) mass is 266 g/mol. The van der Waals surface area contributed by atoms with Crippen LogP contribution in [0.5, 0.6) is 0 Å². The molecule has 0 radical (unpaired) electrons. The Labute approximate surface area is 111 Å². The van der Waals surface area contributed by atoms with Gasteiger partial charge in [0.05, 0.1) is 5.92 Å². The lowest BCUT2D eigenvalue weighted by atomic mass is 9.87. The first-order valence-corrected chi connectivity index (χ1v) is 6.46. The molecule has 0 spiro atoms. The Balaban J connectivity index is 1.90. The van der Waals surface area contributed by atoms with Crippen LogP contribution in [-0.4, -0.2) is 50.2 Å². The van der Waals surface area contributed by atoms with Gasteiger partial charge in [0.25, 0.3) is 5.91 Å². The quantitative estimate of drug-likeness (QED) is 0.810. The topological polar surface area (TPSA) is 99.2 Å². The summed E-state index contributed by atoms with van der Waals surface area (Å²) in [6, 6.07) is 0. The number of aryl methyl sites for hydroxylation is 1. The summed E-state index contributed by atoms with van der Waals surface area (Å²) in [5, 5.41) is 15.5. The Bertz CT molecular complexity index is 479. The maximum absolute atomic E-state index is 12.0. The van der Waals surface area contributed by atoms with Gasteiger partial charge in [-0.05, 0) is 6.42 Å². The van der Waals surface area contributed by atoms with Crippen LogP contribution in [0.3, 0.4) is 0 Å². The van der Waals surface area contributed by atoms with E-state index in [0.29, 0.717) is 18.9 Å². The van der Waals surface area contributed by atoms with E-state index in [1.54, 1.807) is 11.8 Å². The van der Waals surface area contributed by atoms with Crippen molar-refractivity contribution in [2.24, 2.45) is 11.8 Å². The van der Waals surface area contributed by atoms with Crippen molar-refractivity contribution in [2.45, 2.75) is 26.7 Å². The fourth-order valence-electron chi connectivity index (χ4n) is 2.08. The maximum atomic E-state index is 12.0. The molecule has 1 amide bonds. The van der Waals surface area contributed by atoms with E-state index in [4.69, 9.17) is 5.11 Å². The number of amides is 1. The number of nitrogens with one attached hydrogen (secondary N) is 1. The van der Waals surface area contributed by atoms with Crippen molar-refractivity contribution in [3.05, 3.63) is 11.6 Å². The zero-order valence-electron chi connectivity index (χ0n) is 11.1. The molecule has 0 aliphatic carbocycles. The summed E-state index contributed by atoms with van der Waals surface area (Å²) in [6.45, 7) is 4.62. The van der Waals surface area contributed by atoms with Crippen molar-refractivity contribution < 1.29 is 14.7 Å². The Hall–Kier alpha value is -1.92. The molecular formula is C12H18N4O3. The van der Waals surface area contributed by atoms with Crippen LogP contribution < -0.4 is 0 Å². The van der Waals surface area contributed by atoms with Gasteiger partial charge < -0.3 is 10.0 Å². The van der Waals surface area contributed by atoms with Crippen LogP contribution in [0.4, 0.5) is 0 Å². The molecule has 0 aromatic carbocycles. The van der Waals surface area contributed by atoms with Gasteiger partial charge in [0.2, 0.25) is 5.82 Å². The summed E-state index contributed by atoms with van der Waals surface area (Å²) >= 11 is 0. The average Bonchev–Trinajstić information content (AvgIpc) is 2.75. The lowest BCUT2D eigenvalue weighted by Gasteiger charge is -2.40. The van der Waals surface area contributed by atoms with E-state index in [-0.39, 0.29) is 17.6 Å². The second kappa shape index (κ2) is 5.38. The van der Waals surface area contributed by atoms with E-state index in [1.165, 1.54) is 0 Å². The van der Waals surface area contributed by atoms with Gasteiger partial charge in [0.1, 0.15) is 5.82 Å². The van der Waals surface area contributed by atoms with E-state index < -0.39 is 11.9 Å². The Morgan fingerprint density at radius 2 is 2.21 bits per heavy atom. The zero-order chi connectivity index (χ0) is 14.0. The normalized spacial score (nSPS) is 17.1. The number of rotatable bonds is 5. The summed E-state index contributed by atoms with van der Waals surface area (Å²) in [5.41, 5.74) is 0. The minimum atomic E-state index is -0.819. The molecule has 1 aromatic rings. The first-order valence-electron chi connectivity index (χ1n) is 6.46. The van der Waals surface area contributed by atoms with Crippen LogP contribution in [0.25, 0.3) is 0 Å². The molecule has 19 heavy (non-hydrogen) atoms. The highest BCUT2D eigenvalue weighted by molar-refractivity contribution is 5.91. The molecule has 1 unspecified atom stereocenters. The molecule has 7 heteroatoms. The maximum Gasteiger partial charge on any atom is 0.306 e. The lowest BCUT2D eigenvalue weighted by Crippen LogP contribution is -2.53. The third-order valence-corrected chi connectivity index (χ3v) is 3.50. The highest BCUT2D eigenvalue weighted by Crippen LogP contribution is 2.25. The van der Waals surface area contributed by atoms with Gasteiger partial charge in [0.15, 0.2) is 0 Å². The summed E-state index contributed by atoms with van der Waals surface area (Å²) in [6.07, 6.45) is 1.70. The first kappa shape index (κ1) is 13.5. The molecule has 104 valence electrons. The SMILES string of the molecule is CCCc1nc(C(=O)N2CC(C(C)C(=O)O)C2)n[nH]1. The fraction of sp³-hybridized carbons (Fsp3) is 0.667. The van der Waals surface area contributed by atoms with Crippen molar-refractivity contribution in [1.82, 2.24) is 20.1 Å². The predicted molar refractivity (Wildman–Crippen MR) is 66.6 cm³/mol. The van der Waals surface area contributed by atoms with Crippen LogP contribution in [0.1, 0.15) is 36.7 Å². The average molecular weight is 266 g/mol. The van der Waals surface area contributed by atoms with Gasteiger partial charge in [-0.15, -0.1) is 5.10 Å². The minimum absolute atomic E-state index is 0.0236. The fourth-order valence-corrected chi connectivity index (χ4v) is 2.08. The van der Waals surface area contributed by atoms with Gasteiger partial charge >= 0.3 is 5.97 Å². The molecule has 7 nitrogen and oxygen atoms in total. The predicted octanol–water partition coefficient (Wildman–Crippen LogP) is 0.550. The van der Waals surface area contributed by atoms with Gasteiger partial charge in [-0.1, -0.05) is 13.8 Å². The summed E-state index contributed by atoms with van der Waals surface area (Å²) in [5.74, 6) is -0.568. The van der Waals surface area contributed by atoms with E-state index in [1.807, 2.05) is 6.92 Å². The Kier molecular flexibility index (Phi) is 3.82. The Morgan fingerprint density at radius 1 is 1.53 bits per heavy atom. The number of hydrogen-bond acceptors (Lipinski definition) is 4. The lowest BCUT2D eigenvalue weighted by molar-refractivity contribution is -0.144. The molecular weight excluding hydrogens is 248 g/mol. The molecule has 2 N–H and O–H groups in total. The molecule has 1 aromatic heterocycles. The van der Waals surface area contributed by atoms with Crippen LogP contribution >= 0.6 is 0 Å². The molecule has 1 saturated heterocycles. The number of carbonyl (C=O) groups excluding carboxylic acids is 1. The van der Waals surface area contributed by atoms with Crippen molar-refractivity contribution in [1.29, 1.82) is 0 Å². The molecule has 1 fully saturated rings. The second-order valence-corrected chi connectivity index (χ2v) is 4.95. The second-order valence-electron chi connectivity index (χ2n) is 4.95. The summed E-state index contributed by atoms with van der Waals surface area (Å²) in [7, 11) is 0. The zero-order valence-corrected chi connectivity index (χ0v) is 11.1. The van der Waals surface area contributed by atoms with Gasteiger partial charge in [-0.25, -0.2) is 4.98 Å². The molecule has 1 aliphatic heterocycles. The first-order chi connectivity index (χ1) is 9.02. The van der Waals surface area contributed by atoms with E-state index in [9.17, 15) is 9.59 Å². The van der Waals surface area contributed by atoms with Crippen molar-refractivity contribution in [2.75, 3.05) is 13.1 Å². The third-order valence-electron chi connectivity index (χ3n) is 3.50. The van der Waals surface area contributed by atoms with Crippen molar-refractivity contribution in [3.8, 4) is 0 Å². The van der Waals surface area contributed by atoms with Crippen LogP contribution in [0, 0.1) is 11.8 Å². The van der Waals surface area contributed by atoms with Crippen LogP contribution in [0.2, 0.25) is 0 Å². The Morgan fingerprint density at radius 3 is 2.79 bits per heavy atom. The van der Waals surface area contributed by atoms with Gasteiger partial charge in [-0.2, -0.15) is 0 Å². The third kappa shape index (κ3) is 2.74. The molecule has 1 atom stereocenters. The number of carbonyl (C=O) groups is 2. The highest BCUT2D eigenvalue weighted by atomic mass is 16.4. The van der Waals surface area contributed by atoms with Crippen LogP contribution in [0.15, 0.2) is 0 Å². The number of carboxylic acid groups (broad SMARTS) is 1. The largest absolute Gasteiger partial charge is 0.481 e.